The van der Waals surface area contributed by atoms with Crippen LogP contribution in [0.15, 0.2) is 78.9 Å². The van der Waals surface area contributed by atoms with Crippen LogP contribution in [-0.4, -0.2) is 20.2 Å². The smallest absolute Gasteiger partial charge is 0.311 e. The van der Waals surface area contributed by atoms with E-state index in [2.05, 4.69) is 6.07 Å². The monoisotopic (exact) mass is 442 g/mol. The molecule has 4 rings (SSSR count). The van der Waals surface area contributed by atoms with Crippen LogP contribution in [0.2, 0.25) is 0 Å². The summed E-state index contributed by atoms with van der Waals surface area (Å²) in [5.41, 5.74) is 1.96. The zero-order chi connectivity index (χ0) is 23.2. The van der Waals surface area contributed by atoms with Gasteiger partial charge in [-0.3, -0.25) is 4.79 Å². The van der Waals surface area contributed by atoms with Crippen molar-refractivity contribution in [2.75, 3.05) is 14.2 Å². The van der Waals surface area contributed by atoms with E-state index in [9.17, 15) is 4.79 Å². The Hall–Kier alpha value is -3.99. The second kappa shape index (κ2) is 10.1. The maximum atomic E-state index is 11.8. The number of carbonyl (C=O) groups excluding carboxylic acids is 1. The third kappa shape index (κ3) is 5.09. The highest BCUT2D eigenvalue weighted by atomic mass is 16.5. The Morgan fingerprint density at radius 3 is 2.03 bits per heavy atom. The summed E-state index contributed by atoms with van der Waals surface area (Å²) >= 11 is 0. The van der Waals surface area contributed by atoms with Crippen molar-refractivity contribution in [3.05, 3.63) is 78.9 Å². The molecule has 0 radical (unpaired) electrons. The van der Waals surface area contributed by atoms with Gasteiger partial charge in [0.05, 0.1) is 14.2 Å². The normalized spacial score (nSPS) is 10.6. The van der Waals surface area contributed by atoms with Gasteiger partial charge in [0, 0.05) is 17.4 Å². The molecule has 0 amide bonds. The fourth-order valence-corrected chi connectivity index (χ4v) is 3.59. The van der Waals surface area contributed by atoms with Crippen LogP contribution in [-0.2, 0) is 4.79 Å². The number of carbonyl (C=O) groups is 1. The highest BCUT2D eigenvalue weighted by Crippen LogP contribution is 2.41. The Morgan fingerprint density at radius 1 is 0.727 bits per heavy atom. The van der Waals surface area contributed by atoms with Crippen LogP contribution in [0.4, 0.5) is 0 Å². The quantitative estimate of drug-likeness (QED) is 0.217. The molecule has 4 aromatic rings. The molecular formula is C28H26O5. The largest absolute Gasteiger partial charge is 0.497 e. The molecule has 0 atom stereocenters. The number of ether oxygens (including phenoxy) is 4. The minimum absolute atomic E-state index is 0.240. The van der Waals surface area contributed by atoms with Crippen molar-refractivity contribution >= 4 is 16.7 Å². The van der Waals surface area contributed by atoms with Crippen LogP contribution in [0.25, 0.3) is 21.9 Å². The molecule has 0 spiro atoms. The van der Waals surface area contributed by atoms with Crippen molar-refractivity contribution in [3.8, 4) is 39.9 Å². The van der Waals surface area contributed by atoms with Gasteiger partial charge in [-0.25, -0.2) is 0 Å². The van der Waals surface area contributed by atoms with E-state index in [1.807, 2.05) is 55.5 Å². The van der Waals surface area contributed by atoms with Crippen LogP contribution in [0.1, 0.15) is 19.8 Å². The van der Waals surface area contributed by atoms with E-state index >= 15 is 0 Å². The summed E-state index contributed by atoms with van der Waals surface area (Å²) < 4.78 is 22.4. The molecule has 5 heteroatoms. The van der Waals surface area contributed by atoms with Gasteiger partial charge in [0.2, 0.25) is 0 Å². The summed E-state index contributed by atoms with van der Waals surface area (Å²) in [4.78, 5) is 11.8. The molecule has 4 aromatic carbocycles. The first-order chi connectivity index (χ1) is 16.1. The molecule has 0 fully saturated rings. The molecular weight excluding hydrogens is 416 g/mol. The Labute approximate surface area is 193 Å². The van der Waals surface area contributed by atoms with Gasteiger partial charge in [-0.2, -0.15) is 0 Å². The molecule has 0 aliphatic rings. The summed E-state index contributed by atoms with van der Waals surface area (Å²) in [7, 11) is 3.30. The predicted octanol–water partition coefficient (Wildman–Crippen LogP) is 7.02. The zero-order valence-corrected chi connectivity index (χ0v) is 19.0. The minimum atomic E-state index is -0.240. The van der Waals surface area contributed by atoms with Crippen LogP contribution < -0.4 is 18.9 Å². The zero-order valence-electron chi connectivity index (χ0n) is 19.0. The summed E-state index contributed by atoms with van der Waals surface area (Å²) in [5, 5.41) is 1.97. The molecule has 5 nitrogen and oxygen atoms in total. The lowest BCUT2D eigenvalue weighted by Crippen LogP contribution is -2.06. The number of esters is 1. The molecule has 168 valence electrons. The maximum Gasteiger partial charge on any atom is 0.311 e. The van der Waals surface area contributed by atoms with E-state index in [-0.39, 0.29) is 5.97 Å². The summed E-state index contributed by atoms with van der Waals surface area (Å²) in [6.07, 6.45) is 1.14. The molecule has 0 heterocycles. The van der Waals surface area contributed by atoms with E-state index in [1.54, 1.807) is 38.5 Å². The first kappa shape index (κ1) is 22.2. The number of hydrogen-bond acceptors (Lipinski definition) is 5. The van der Waals surface area contributed by atoms with Crippen LogP contribution >= 0.6 is 0 Å². The van der Waals surface area contributed by atoms with Crippen LogP contribution in [0.5, 0.6) is 28.7 Å². The number of methoxy groups -OCH3 is 2. The Kier molecular flexibility index (Phi) is 6.79. The molecule has 0 bridgehead atoms. The third-order valence-corrected chi connectivity index (χ3v) is 5.31. The van der Waals surface area contributed by atoms with Gasteiger partial charge in [-0.15, -0.1) is 0 Å². The van der Waals surface area contributed by atoms with Crippen molar-refractivity contribution in [2.45, 2.75) is 19.8 Å². The maximum absolute atomic E-state index is 11.8. The van der Waals surface area contributed by atoms with E-state index in [4.69, 9.17) is 18.9 Å². The summed E-state index contributed by atoms with van der Waals surface area (Å²) in [6, 6.07) is 24.9. The topological polar surface area (TPSA) is 54.0 Å². The van der Waals surface area contributed by atoms with Crippen LogP contribution in [0, 0.1) is 0 Å². The molecule has 0 saturated heterocycles. The summed E-state index contributed by atoms with van der Waals surface area (Å²) in [6.45, 7) is 1.94. The van der Waals surface area contributed by atoms with Gasteiger partial charge in [0.15, 0.2) is 0 Å². The van der Waals surface area contributed by atoms with Gasteiger partial charge in [0.25, 0.3) is 0 Å². The standard InChI is InChI=1S/C28H26O5/c1-4-5-27(29)32-22-11-13-23(14-12-22)33-28-25(19-6-9-21(30-2)10-7-19)16-8-20-18-24(31-3)15-17-26(20)28/h6-18H,4-5H2,1-3H3. The number of fused-ring (bicyclic) bond motifs is 1. The van der Waals surface area contributed by atoms with E-state index in [0.29, 0.717) is 17.9 Å². The molecule has 0 aromatic heterocycles. The SMILES string of the molecule is CCCC(=O)Oc1ccc(Oc2c(-c3ccc(OC)cc3)ccc3cc(OC)ccc23)cc1. The predicted molar refractivity (Wildman–Crippen MR) is 130 cm³/mol. The van der Waals surface area contributed by atoms with E-state index < -0.39 is 0 Å². The lowest BCUT2D eigenvalue weighted by molar-refractivity contribution is -0.134. The van der Waals surface area contributed by atoms with Gasteiger partial charge < -0.3 is 18.9 Å². The second-order valence-corrected chi connectivity index (χ2v) is 7.56. The van der Waals surface area contributed by atoms with Gasteiger partial charge >= 0.3 is 5.97 Å². The van der Waals surface area contributed by atoms with Crippen molar-refractivity contribution < 1.29 is 23.7 Å². The van der Waals surface area contributed by atoms with Crippen molar-refractivity contribution in [2.24, 2.45) is 0 Å². The van der Waals surface area contributed by atoms with E-state index in [0.717, 1.165) is 45.6 Å². The second-order valence-electron chi connectivity index (χ2n) is 7.56. The Bertz CT molecular complexity index is 1240. The number of rotatable bonds is 8. The highest BCUT2D eigenvalue weighted by Gasteiger charge is 2.14. The number of hydrogen-bond donors (Lipinski definition) is 0. The fourth-order valence-electron chi connectivity index (χ4n) is 3.59. The van der Waals surface area contributed by atoms with Gasteiger partial charge in [0.1, 0.15) is 28.7 Å². The molecule has 0 saturated carbocycles. The lowest BCUT2D eigenvalue weighted by Gasteiger charge is -2.16. The fraction of sp³-hybridized carbons (Fsp3) is 0.179. The average Bonchev–Trinajstić information content (AvgIpc) is 2.85. The van der Waals surface area contributed by atoms with Crippen molar-refractivity contribution in [3.63, 3.8) is 0 Å². The van der Waals surface area contributed by atoms with Gasteiger partial charge in [-0.1, -0.05) is 25.1 Å². The molecule has 33 heavy (non-hydrogen) atoms. The molecule has 0 aliphatic heterocycles. The van der Waals surface area contributed by atoms with E-state index in [1.165, 1.54) is 0 Å². The first-order valence-electron chi connectivity index (χ1n) is 10.8. The van der Waals surface area contributed by atoms with Gasteiger partial charge in [-0.05, 0) is 78.0 Å². The Balaban J connectivity index is 1.72. The molecule has 0 aliphatic carbocycles. The lowest BCUT2D eigenvalue weighted by atomic mass is 9.99. The Morgan fingerprint density at radius 2 is 1.36 bits per heavy atom. The first-order valence-corrected chi connectivity index (χ1v) is 10.8. The summed E-state index contributed by atoms with van der Waals surface area (Å²) in [5.74, 6) is 3.21. The number of benzene rings is 4. The van der Waals surface area contributed by atoms with Crippen molar-refractivity contribution in [1.82, 2.24) is 0 Å². The highest BCUT2D eigenvalue weighted by molar-refractivity contribution is 5.96. The molecule has 0 N–H and O–H groups in total. The van der Waals surface area contributed by atoms with Crippen LogP contribution in [0.3, 0.4) is 0 Å². The third-order valence-electron chi connectivity index (χ3n) is 5.31. The van der Waals surface area contributed by atoms with Crippen molar-refractivity contribution in [1.29, 1.82) is 0 Å². The minimum Gasteiger partial charge on any atom is -0.497 e. The average molecular weight is 443 g/mol. The molecule has 0 unspecified atom stereocenters.